The fourth-order valence-electron chi connectivity index (χ4n) is 3.83. The van der Waals surface area contributed by atoms with Gasteiger partial charge in [0.1, 0.15) is 0 Å². The van der Waals surface area contributed by atoms with Gasteiger partial charge >= 0.3 is 6.18 Å². The van der Waals surface area contributed by atoms with Crippen LogP contribution in [0.15, 0.2) is 0 Å². The summed E-state index contributed by atoms with van der Waals surface area (Å²) in [7, 11) is 0. The first-order chi connectivity index (χ1) is 11.1. The van der Waals surface area contributed by atoms with Gasteiger partial charge in [-0.3, -0.25) is 4.90 Å². The van der Waals surface area contributed by atoms with Crippen molar-refractivity contribution in [3.8, 4) is 0 Å². The normalized spacial score (nSPS) is 17.3. The molecule has 144 valence electrons. The Morgan fingerprint density at radius 3 is 1.76 bits per heavy atom. The molecule has 0 bridgehead atoms. The van der Waals surface area contributed by atoms with Gasteiger partial charge in [-0.1, -0.05) is 0 Å². The molecule has 0 saturated carbocycles. The largest absolute Gasteiger partial charge is 0.389 e. The highest BCUT2D eigenvalue weighted by Crippen LogP contribution is 2.38. The topological polar surface area (TPSA) is 15.3 Å². The van der Waals surface area contributed by atoms with Crippen LogP contribution in [0.4, 0.5) is 13.2 Å². The number of hydrogen-bond acceptors (Lipinski definition) is 2. The van der Waals surface area contributed by atoms with Crippen LogP contribution >= 0.6 is 12.4 Å². The Morgan fingerprint density at radius 1 is 0.880 bits per heavy atom. The molecular formula is C19H30ClF3N2. The van der Waals surface area contributed by atoms with Crippen molar-refractivity contribution in [3.05, 3.63) is 33.4 Å². The van der Waals surface area contributed by atoms with Gasteiger partial charge in [0, 0.05) is 38.6 Å². The minimum atomic E-state index is -4.11. The Labute approximate surface area is 155 Å². The van der Waals surface area contributed by atoms with Gasteiger partial charge in [-0.15, -0.1) is 12.4 Å². The quantitative estimate of drug-likeness (QED) is 0.798. The molecule has 2 nitrogen and oxygen atoms in total. The second-order valence-corrected chi connectivity index (χ2v) is 6.99. The summed E-state index contributed by atoms with van der Waals surface area (Å²) in [6.07, 6.45) is -4.71. The lowest BCUT2D eigenvalue weighted by Gasteiger charge is -2.38. The van der Waals surface area contributed by atoms with Crippen LogP contribution in [0.2, 0.25) is 0 Å². The molecule has 1 aliphatic rings. The number of piperazine rings is 1. The van der Waals surface area contributed by atoms with Gasteiger partial charge in [-0.05, 0) is 74.4 Å². The van der Waals surface area contributed by atoms with Gasteiger partial charge in [0.2, 0.25) is 0 Å². The van der Waals surface area contributed by atoms with Crippen molar-refractivity contribution in [1.29, 1.82) is 0 Å². The van der Waals surface area contributed by atoms with E-state index in [1.165, 1.54) is 16.7 Å². The Balaban J connectivity index is 0.00000312. The van der Waals surface area contributed by atoms with E-state index in [-0.39, 0.29) is 24.9 Å². The van der Waals surface area contributed by atoms with Crippen LogP contribution in [0.25, 0.3) is 0 Å². The maximum Gasteiger partial charge on any atom is 0.389 e. The second-order valence-electron chi connectivity index (χ2n) is 6.99. The zero-order valence-electron chi connectivity index (χ0n) is 15.8. The molecule has 1 heterocycles. The average molecular weight is 379 g/mol. The van der Waals surface area contributed by atoms with E-state index in [2.05, 4.69) is 44.8 Å². The van der Waals surface area contributed by atoms with E-state index in [0.29, 0.717) is 0 Å². The van der Waals surface area contributed by atoms with Crippen molar-refractivity contribution in [2.45, 2.75) is 59.7 Å². The number of nitrogens with zero attached hydrogens (tertiary/aromatic N) is 1. The molecule has 0 spiro atoms. The summed E-state index contributed by atoms with van der Waals surface area (Å²) < 4.78 is 38.7. The zero-order chi connectivity index (χ0) is 18.1. The van der Waals surface area contributed by atoms with Gasteiger partial charge in [-0.2, -0.15) is 13.2 Å². The van der Waals surface area contributed by atoms with E-state index in [1.807, 2.05) is 0 Å². The Bertz CT molecular complexity index is 564. The molecule has 1 saturated heterocycles. The van der Waals surface area contributed by atoms with Crippen molar-refractivity contribution in [2.75, 3.05) is 26.2 Å². The van der Waals surface area contributed by atoms with Crippen molar-refractivity contribution >= 4 is 12.4 Å². The number of halogens is 4. The molecule has 1 aliphatic heterocycles. The average Bonchev–Trinajstić information content (AvgIpc) is 2.54. The lowest BCUT2D eigenvalue weighted by Crippen LogP contribution is -2.45. The minimum Gasteiger partial charge on any atom is -0.314 e. The van der Waals surface area contributed by atoms with E-state index in [4.69, 9.17) is 0 Å². The fraction of sp³-hybridized carbons (Fsp3) is 0.684. The maximum absolute atomic E-state index is 12.9. The predicted molar refractivity (Wildman–Crippen MR) is 99.8 cm³/mol. The highest BCUT2D eigenvalue weighted by Gasteiger charge is 2.33. The Hall–Kier alpha value is -0.780. The Kier molecular flexibility index (Phi) is 7.78. The monoisotopic (exact) mass is 378 g/mol. The summed E-state index contributed by atoms with van der Waals surface area (Å²) in [4.78, 5) is 2.23. The third kappa shape index (κ3) is 5.11. The van der Waals surface area contributed by atoms with Crippen LogP contribution < -0.4 is 5.32 Å². The van der Waals surface area contributed by atoms with Gasteiger partial charge in [-0.25, -0.2) is 0 Å². The van der Waals surface area contributed by atoms with Crippen LogP contribution in [0.1, 0.15) is 52.3 Å². The predicted octanol–water partition coefficient (Wildman–Crippen LogP) is 4.94. The van der Waals surface area contributed by atoms with Crippen LogP contribution in [-0.2, 0) is 0 Å². The van der Waals surface area contributed by atoms with Crippen LogP contribution in [0.3, 0.4) is 0 Å². The molecule has 6 heteroatoms. The summed E-state index contributed by atoms with van der Waals surface area (Å²) in [5.41, 5.74) is 7.09. The third-order valence-corrected chi connectivity index (χ3v) is 5.68. The lowest BCUT2D eigenvalue weighted by atomic mass is 9.84. The maximum atomic E-state index is 12.9. The van der Waals surface area contributed by atoms with E-state index < -0.39 is 12.6 Å². The highest BCUT2D eigenvalue weighted by atomic mass is 35.5. The summed E-state index contributed by atoms with van der Waals surface area (Å²) in [6, 6.07) is -0.160. The van der Waals surface area contributed by atoms with Crippen LogP contribution in [0.5, 0.6) is 0 Å². The standard InChI is InChI=1S/C19H29F3N2.ClH/c1-12-13(2)15(4)18(16(5)14(12)3)17(6-7-19(20,21)22)24-10-8-23-9-11-24;/h17,23H,6-11H2,1-5H3;1H/t17-;/m1./s1. The minimum absolute atomic E-state index is 0. The van der Waals surface area contributed by atoms with Crippen molar-refractivity contribution in [1.82, 2.24) is 10.2 Å². The molecule has 25 heavy (non-hydrogen) atoms. The van der Waals surface area contributed by atoms with Crippen molar-refractivity contribution in [3.63, 3.8) is 0 Å². The molecule has 1 fully saturated rings. The molecule has 0 amide bonds. The molecule has 1 aromatic carbocycles. The fourth-order valence-corrected chi connectivity index (χ4v) is 3.83. The number of nitrogens with one attached hydrogen (secondary N) is 1. The van der Waals surface area contributed by atoms with E-state index >= 15 is 0 Å². The molecule has 0 aliphatic carbocycles. The summed E-state index contributed by atoms with van der Waals surface area (Å²) >= 11 is 0. The number of benzene rings is 1. The molecule has 0 aromatic heterocycles. The van der Waals surface area contributed by atoms with E-state index in [9.17, 15) is 13.2 Å². The number of alkyl halides is 3. The smallest absolute Gasteiger partial charge is 0.314 e. The molecule has 0 unspecified atom stereocenters. The number of rotatable bonds is 4. The lowest BCUT2D eigenvalue weighted by molar-refractivity contribution is -0.138. The van der Waals surface area contributed by atoms with Gasteiger partial charge in [0.05, 0.1) is 0 Å². The van der Waals surface area contributed by atoms with Gasteiger partial charge < -0.3 is 5.32 Å². The van der Waals surface area contributed by atoms with Crippen LogP contribution in [-0.4, -0.2) is 37.3 Å². The molecular weight excluding hydrogens is 349 g/mol. The molecule has 2 rings (SSSR count). The highest BCUT2D eigenvalue weighted by molar-refractivity contribution is 5.85. The van der Waals surface area contributed by atoms with E-state index in [0.717, 1.165) is 42.9 Å². The van der Waals surface area contributed by atoms with E-state index in [1.54, 1.807) is 0 Å². The van der Waals surface area contributed by atoms with Crippen molar-refractivity contribution in [2.24, 2.45) is 0 Å². The first kappa shape index (κ1) is 22.3. The molecule has 1 N–H and O–H groups in total. The third-order valence-electron chi connectivity index (χ3n) is 5.68. The SMILES string of the molecule is Cc1c(C)c(C)c([C@@H](CCC(F)(F)F)N2CCNCC2)c(C)c1C.Cl. The van der Waals surface area contributed by atoms with Crippen molar-refractivity contribution < 1.29 is 13.2 Å². The van der Waals surface area contributed by atoms with Gasteiger partial charge in [0.25, 0.3) is 0 Å². The Morgan fingerprint density at radius 2 is 1.32 bits per heavy atom. The molecule has 0 radical (unpaired) electrons. The van der Waals surface area contributed by atoms with Crippen LogP contribution in [0, 0.1) is 34.6 Å². The zero-order valence-corrected chi connectivity index (χ0v) is 16.6. The van der Waals surface area contributed by atoms with Gasteiger partial charge in [0.15, 0.2) is 0 Å². The first-order valence-electron chi connectivity index (χ1n) is 8.72. The first-order valence-corrected chi connectivity index (χ1v) is 8.72. The molecule has 1 atom stereocenters. The summed E-state index contributed by atoms with van der Waals surface area (Å²) in [5.74, 6) is 0. The second kappa shape index (κ2) is 8.74. The summed E-state index contributed by atoms with van der Waals surface area (Å²) in [5, 5.41) is 3.29. The molecule has 1 aromatic rings. The number of hydrogen-bond donors (Lipinski definition) is 1. The summed E-state index contributed by atoms with van der Waals surface area (Å²) in [6.45, 7) is 13.7.